The Hall–Kier alpha value is -1.55. The third kappa shape index (κ3) is 4.23. The SMILES string of the molecule is CC(C)CN(CCOc1ccccc1C(=O)O)C1CC1. The average Bonchev–Trinajstić information content (AvgIpc) is 3.21. The highest BCUT2D eigenvalue weighted by Crippen LogP contribution is 2.27. The van der Waals surface area contributed by atoms with Gasteiger partial charge in [-0.05, 0) is 30.9 Å². The van der Waals surface area contributed by atoms with Crippen molar-refractivity contribution in [1.29, 1.82) is 0 Å². The number of hydrogen-bond acceptors (Lipinski definition) is 3. The van der Waals surface area contributed by atoms with Crippen LogP contribution >= 0.6 is 0 Å². The Morgan fingerprint density at radius 3 is 2.70 bits per heavy atom. The zero-order chi connectivity index (χ0) is 14.5. The lowest BCUT2D eigenvalue weighted by Crippen LogP contribution is -2.33. The molecule has 0 spiro atoms. The van der Waals surface area contributed by atoms with E-state index in [9.17, 15) is 4.79 Å². The molecule has 0 atom stereocenters. The number of hydrogen-bond donors (Lipinski definition) is 1. The molecular weight excluding hydrogens is 254 g/mol. The van der Waals surface area contributed by atoms with Crippen molar-refractivity contribution in [2.45, 2.75) is 32.7 Å². The summed E-state index contributed by atoms with van der Waals surface area (Å²) in [6, 6.07) is 7.51. The third-order valence-corrected chi connectivity index (χ3v) is 3.42. The van der Waals surface area contributed by atoms with Gasteiger partial charge in [0.05, 0.1) is 0 Å². The number of rotatable bonds is 8. The molecule has 1 N–H and O–H groups in total. The summed E-state index contributed by atoms with van der Waals surface area (Å²) in [6.07, 6.45) is 2.55. The summed E-state index contributed by atoms with van der Waals surface area (Å²) >= 11 is 0. The predicted octanol–water partition coefficient (Wildman–Crippen LogP) is 2.88. The van der Waals surface area contributed by atoms with Crippen molar-refractivity contribution in [3.63, 3.8) is 0 Å². The van der Waals surface area contributed by atoms with Crippen LogP contribution in [0.1, 0.15) is 37.0 Å². The van der Waals surface area contributed by atoms with Crippen LogP contribution in [0.15, 0.2) is 24.3 Å². The standard InChI is InChI=1S/C16H23NO3/c1-12(2)11-17(13-7-8-13)9-10-20-15-6-4-3-5-14(15)16(18)19/h3-6,12-13H,7-11H2,1-2H3,(H,18,19). The number of carboxylic acid groups (broad SMARTS) is 1. The van der Waals surface area contributed by atoms with Crippen molar-refractivity contribution in [3.8, 4) is 5.75 Å². The molecule has 1 aromatic carbocycles. The molecule has 0 heterocycles. The van der Waals surface area contributed by atoms with Gasteiger partial charge in [0.15, 0.2) is 0 Å². The number of carboxylic acids is 1. The fraction of sp³-hybridized carbons (Fsp3) is 0.562. The molecule has 0 amide bonds. The lowest BCUT2D eigenvalue weighted by Gasteiger charge is -2.24. The van der Waals surface area contributed by atoms with Crippen LogP contribution in [0.25, 0.3) is 0 Å². The number of para-hydroxylation sites is 1. The fourth-order valence-electron chi connectivity index (χ4n) is 2.37. The Kier molecular flexibility index (Phi) is 5.01. The van der Waals surface area contributed by atoms with Gasteiger partial charge in [-0.3, -0.25) is 4.90 Å². The molecule has 0 bridgehead atoms. The highest BCUT2D eigenvalue weighted by Gasteiger charge is 2.28. The number of carbonyl (C=O) groups is 1. The van der Waals surface area contributed by atoms with Gasteiger partial charge in [0.2, 0.25) is 0 Å². The summed E-state index contributed by atoms with van der Waals surface area (Å²) in [6.45, 7) is 6.91. The van der Waals surface area contributed by atoms with Gasteiger partial charge < -0.3 is 9.84 Å². The summed E-state index contributed by atoms with van der Waals surface area (Å²) in [7, 11) is 0. The second kappa shape index (κ2) is 6.75. The van der Waals surface area contributed by atoms with Crippen LogP contribution in [0.2, 0.25) is 0 Å². The molecule has 110 valence electrons. The van der Waals surface area contributed by atoms with Crippen molar-refractivity contribution < 1.29 is 14.6 Å². The monoisotopic (exact) mass is 277 g/mol. The smallest absolute Gasteiger partial charge is 0.339 e. The topological polar surface area (TPSA) is 49.8 Å². The van der Waals surface area contributed by atoms with Gasteiger partial charge in [-0.1, -0.05) is 26.0 Å². The largest absolute Gasteiger partial charge is 0.491 e. The molecule has 1 fully saturated rings. The predicted molar refractivity (Wildman–Crippen MR) is 78.3 cm³/mol. The van der Waals surface area contributed by atoms with Gasteiger partial charge in [0, 0.05) is 19.1 Å². The Morgan fingerprint density at radius 2 is 2.10 bits per heavy atom. The van der Waals surface area contributed by atoms with Crippen LogP contribution in [-0.2, 0) is 0 Å². The molecule has 4 nitrogen and oxygen atoms in total. The van der Waals surface area contributed by atoms with E-state index in [2.05, 4.69) is 18.7 Å². The highest BCUT2D eigenvalue weighted by molar-refractivity contribution is 5.90. The van der Waals surface area contributed by atoms with Crippen molar-refractivity contribution in [2.75, 3.05) is 19.7 Å². The molecule has 0 unspecified atom stereocenters. The molecule has 0 radical (unpaired) electrons. The fourth-order valence-corrected chi connectivity index (χ4v) is 2.37. The van der Waals surface area contributed by atoms with Crippen molar-refractivity contribution >= 4 is 5.97 Å². The summed E-state index contributed by atoms with van der Waals surface area (Å²) < 4.78 is 5.67. The first kappa shape index (κ1) is 14.9. The van der Waals surface area contributed by atoms with Crippen molar-refractivity contribution in [1.82, 2.24) is 4.90 Å². The molecule has 1 aliphatic carbocycles. The molecule has 1 aromatic rings. The van der Waals surface area contributed by atoms with E-state index in [1.165, 1.54) is 12.8 Å². The van der Waals surface area contributed by atoms with E-state index < -0.39 is 5.97 Å². The van der Waals surface area contributed by atoms with Crippen LogP contribution in [0.5, 0.6) is 5.75 Å². The van der Waals surface area contributed by atoms with E-state index >= 15 is 0 Å². The maximum absolute atomic E-state index is 11.1. The third-order valence-electron chi connectivity index (χ3n) is 3.42. The van der Waals surface area contributed by atoms with E-state index in [1.54, 1.807) is 24.3 Å². The number of nitrogens with zero attached hydrogens (tertiary/aromatic N) is 1. The molecule has 4 heteroatoms. The molecule has 0 aliphatic heterocycles. The van der Waals surface area contributed by atoms with Crippen LogP contribution in [0.3, 0.4) is 0 Å². The molecule has 1 aliphatic rings. The van der Waals surface area contributed by atoms with Gasteiger partial charge >= 0.3 is 5.97 Å². The Bertz CT molecular complexity index is 455. The first-order valence-corrected chi connectivity index (χ1v) is 7.27. The molecular formula is C16H23NO3. The van der Waals surface area contributed by atoms with Crippen LogP contribution in [0.4, 0.5) is 0 Å². The van der Waals surface area contributed by atoms with E-state index in [4.69, 9.17) is 9.84 Å². The summed E-state index contributed by atoms with van der Waals surface area (Å²) in [5, 5.41) is 9.10. The summed E-state index contributed by atoms with van der Waals surface area (Å²) in [5.74, 6) is 0.157. The number of ether oxygens (including phenoxy) is 1. The summed E-state index contributed by atoms with van der Waals surface area (Å²) in [5.41, 5.74) is 0.231. The number of aromatic carboxylic acids is 1. The van der Waals surface area contributed by atoms with E-state index in [0.717, 1.165) is 13.1 Å². The normalized spacial score (nSPS) is 14.8. The van der Waals surface area contributed by atoms with Crippen molar-refractivity contribution in [2.24, 2.45) is 5.92 Å². The van der Waals surface area contributed by atoms with Gasteiger partial charge in [-0.15, -0.1) is 0 Å². The Labute approximate surface area is 120 Å². The minimum absolute atomic E-state index is 0.231. The zero-order valence-corrected chi connectivity index (χ0v) is 12.2. The second-order valence-corrected chi connectivity index (χ2v) is 5.77. The van der Waals surface area contributed by atoms with Gasteiger partial charge in [0.1, 0.15) is 17.9 Å². The first-order chi connectivity index (χ1) is 9.58. The van der Waals surface area contributed by atoms with E-state index in [-0.39, 0.29) is 5.56 Å². The maximum Gasteiger partial charge on any atom is 0.339 e. The average molecular weight is 277 g/mol. The van der Waals surface area contributed by atoms with Crippen LogP contribution in [0, 0.1) is 5.92 Å². The molecule has 1 saturated carbocycles. The van der Waals surface area contributed by atoms with Gasteiger partial charge in [0.25, 0.3) is 0 Å². The first-order valence-electron chi connectivity index (χ1n) is 7.27. The van der Waals surface area contributed by atoms with E-state index in [0.29, 0.717) is 24.3 Å². The lowest BCUT2D eigenvalue weighted by atomic mass is 10.2. The van der Waals surface area contributed by atoms with Gasteiger partial charge in [-0.25, -0.2) is 4.79 Å². The van der Waals surface area contributed by atoms with Crippen LogP contribution < -0.4 is 4.74 Å². The quantitative estimate of drug-likeness (QED) is 0.794. The summed E-state index contributed by atoms with van der Waals surface area (Å²) in [4.78, 5) is 13.5. The Morgan fingerprint density at radius 1 is 1.40 bits per heavy atom. The minimum atomic E-state index is -0.943. The van der Waals surface area contributed by atoms with Crippen LogP contribution in [-0.4, -0.2) is 41.7 Å². The molecule has 0 saturated heterocycles. The van der Waals surface area contributed by atoms with E-state index in [1.807, 2.05) is 0 Å². The maximum atomic E-state index is 11.1. The molecule has 20 heavy (non-hydrogen) atoms. The highest BCUT2D eigenvalue weighted by atomic mass is 16.5. The Balaban J connectivity index is 1.87. The van der Waals surface area contributed by atoms with Gasteiger partial charge in [-0.2, -0.15) is 0 Å². The molecule has 2 rings (SSSR count). The van der Waals surface area contributed by atoms with Crippen molar-refractivity contribution in [3.05, 3.63) is 29.8 Å². The lowest BCUT2D eigenvalue weighted by molar-refractivity contribution is 0.0691. The molecule has 0 aromatic heterocycles. The zero-order valence-electron chi connectivity index (χ0n) is 12.2. The minimum Gasteiger partial charge on any atom is -0.491 e. The number of benzene rings is 1. The second-order valence-electron chi connectivity index (χ2n) is 5.77.